The Morgan fingerprint density at radius 3 is 2.43 bits per heavy atom. The minimum Gasteiger partial charge on any atom is -0.462 e. The van der Waals surface area contributed by atoms with Gasteiger partial charge in [-0.05, 0) is 52.7 Å². The number of nitrogen functional groups attached to an aromatic ring is 1. The molecule has 0 spiro atoms. The van der Waals surface area contributed by atoms with E-state index in [0.717, 1.165) is 19.2 Å². The summed E-state index contributed by atoms with van der Waals surface area (Å²) in [4.78, 5) is 29.2. The first-order chi connectivity index (χ1) is 20.7. The molecule has 246 valence electrons. The van der Waals surface area contributed by atoms with E-state index in [9.17, 15) is 29.6 Å². The number of carbonyl (C=O) groups is 2. The molecule has 0 aliphatic heterocycles. The molecule has 2 aromatic rings. The number of hydrogen-bond donors (Lipinski definition) is 4. The Hall–Kier alpha value is -3.32. The Bertz CT molecular complexity index is 1320. The van der Waals surface area contributed by atoms with E-state index in [1.54, 1.807) is 13.8 Å². The Labute approximate surface area is 256 Å². The Balaban J connectivity index is 2.26. The van der Waals surface area contributed by atoms with Crippen molar-refractivity contribution < 1.29 is 47.6 Å². The second-order valence-corrected chi connectivity index (χ2v) is 12.6. The van der Waals surface area contributed by atoms with Crippen LogP contribution >= 0.6 is 7.75 Å². The fraction of sp³-hybridized carbons (Fsp3) is 0.667. The van der Waals surface area contributed by atoms with Gasteiger partial charge in [0.2, 0.25) is 6.79 Å². The summed E-state index contributed by atoms with van der Waals surface area (Å²) in [6.07, 6.45) is -0.324. The maximum absolute atomic E-state index is 13.9. The van der Waals surface area contributed by atoms with Gasteiger partial charge in [0.15, 0.2) is 11.9 Å². The molecule has 17 heteroatoms. The zero-order valence-electron chi connectivity index (χ0n) is 25.8. The fourth-order valence-corrected chi connectivity index (χ4v) is 5.73. The molecule has 0 bridgehead atoms. The molecular weight excluding hydrogens is 599 g/mol. The van der Waals surface area contributed by atoms with Crippen molar-refractivity contribution in [3.8, 4) is 6.26 Å². The van der Waals surface area contributed by atoms with Crippen LogP contribution in [0.4, 0.5) is 5.82 Å². The van der Waals surface area contributed by atoms with Crippen LogP contribution in [0.25, 0.3) is 5.52 Å². The molecule has 0 aromatic carbocycles. The third-order valence-electron chi connectivity index (χ3n) is 6.43. The topological polar surface area (TPSA) is 230 Å². The van der Waals surface area contributed by atoms with Gasteiger partial charge in [0.25, 0.3) is 6.26 Å². The van der Waals surface area contributed by atoms with Gasteiger partial charge in [-0.2, -0.15) is 10.4 Å². The molecule has 0 radical (unpaired) electrons. The number of aliphatic hydroxyl groups is 2. The first-order valence-electron chi connectivity index (χ1n) is 14.2. The standard InChI is InChI=1S/C27H43N6O10P/c1-7-9-18(10-8-2)25(36)40-16-42-44(38,32-27(5,6)26(37)43-17(3)4)41-13-21(39-14-28)23(35)22(34)19-11-12-20-24(29)30-15-31-33(19)20/h11-12,15,17-18,21-23,34-35H,7-10,13,16H2,1-6H3,(H,32,38)(H2,29,30,31)/t21-,22+,23-,44?/m1/s1. The van der Waals surface area contributed by atoms with Crippen molar-refractivity contribution in [2.24, 2.45) is 5.92 Å². The van der Waals surface area contributed by atoms with Crippen molar-refractivity contribution in [3.63, 3.8) is 0 Å². The fourth-order valence-electron chi connectivity index (χ4n) is 4.22. The summed E-state index contributed by atoms with van der Waals surface area (Å²) in [5, 5.41) is 37.6. The lowest BCUT2D eigenvalue weighted by atomic mass is 9.99. The Kier molecular flexibility index (Phi) is 14.0. The second-order valence-electron chi connectivity index (χ2n) is 10.9. The summed E-state index contributed by atoms with van der Waals surface area (Å²) < 4.78 is 41.4. The van der Waals surface area contributed by atoms with Crippen LogP contribution in [0.5, 0.6) is 0 Å². The van der Waals surface area contributed by atoms with E-state index in [1.165, 1.54) is 36.8 Å². The van der Waals surface area contributed by atoms with Crippen LogP contribution in [-0.2, 0) is 37.4 Å². The summed E-state index contributed by atoms with van der Waals surface area (Å²) in [6, 6.07) is 2.96. The van der Waals surface area contributed by atoms with E-state index in [2.05, 4.69) is 15.2 Å². The summed E-state index contributed by atoms with van der Waals surface area (Å²) in [5.41, 5.74) is 4.64. The van der Waals surface area contributed by atoms with Crippen LogP contribution in [-0.4, -0.2) is 74.0 Å². The molecule has 2 rings (SSSR count). The number of nitrogens with one attached hydrogen (secondary N) is 1. The Morgan fingerprint density at radius 2 is 1.84 bits per heavy atom. The lowest BCUT2D eigenvalue weighted by Crippen LogP contribution is -2.48. The molecule has 0 saturated heterocycles. The zero-order chi connectivity index (χ0) is 33.1. The Morgan fingerprint density at radius 1 is 1.18 bits per heavy atom. The van der Waals surface area contributed by atoms with Gasteiger partial charge in [0.05, 0.1) is 24.3 Å². The highest BCUT2D eigenvalue weighted by Crippen LogP contribution is 2.46. The molecule has 44 heavy (non-hydrogen) atoms. The van der Waals surface area contributed by atoms with E-state index in [-0.39, 0.29) is 17.4 Å². The van der Waals surface area contributed by atoms with Gasteiger partial charge in [-0.3, -0.25) is 18.6 Å². The van der Waals surface area contributed by atoms with Gasteiger partial charge in [0, 0.05) is 0 Å². The van der Waals surface area contributed by atoms with Crippen molar-refractivity contribution in [2.75, 3.05) is 19.1 Å². The van der Waals surface area contributed by atoms with E-state index in [0.29, 0.717) is 18.4 Å². The molecule has 0 fully saturated rings. The van der Waals surface area contributed by atoms with Gasteiger partial charge in [-0.15, -0.1) is 0 Å². The van der Waals surface area contributed by atoms with Gasteiger partial charge >= 0.3 is 19.7 Å². The van der Waals surface area contributed by atoms with Gasteiger partial charge in [0.1, 0.15) is 29.6 Å². The summed E-state index contributed by atoms with van der Waals surface area (Å²) in [6.45, 7) is 8.29. The van der Waals surface area contributed by atoms with Crippen molar-refractivity contribution >= 4 is 31.0 Å². The predicted octanol–water partition coefficient (Wildman–Crippen LogP) is 2.75. The van der Waals surface area contributed by atoms with Crippen LogP contribution in [0.15, 0.2) is 18.5 Å². The van der Waals surface area contributed by atoms with E-state index < -0.39 is 63.0 Å². The molecule has 1 unspecified atom stereocenters. The van der Waals surface area contributed by atoms with E-state index >= 15 is 0 Å². The minimum absolute atomic E-state index is 0.0869. The lowest BCUT2D eigenvalue weighted by molar-refractivity contribution is -0.157. The highest BCUT2D eigenvalue weighted by atomic mass is 31.2. The number of fused-ring (bicyclic) bond motifs is 1. The van der Waals surface area contributed by atoms with Gasteiger partial charge < -0.3 is 30.2 Å². The van der Waals surface area contributed by atoms with Crippen molar-refractivity contribution in [3.05, 3.63) is 24.2 Å². The van der Waals surface area contributed by atoms with Crippen LogP contribution in [0.3, 0.4) is 0 Å². The summed E-state index contributed by atoms with van der Waals surface area (Å²) in [5.74, 6) is -1.59. The molecule has 16 nitrogen and oxygen atoms in total. The molecule has 0 saturated carbocycles. The number of rotatable bonds is 19. The largest absolute Gasteiger partial charge is 0.462 e. The number of nitriles is 1. The monoisotopic (exact) mass is 642 g/mol. The number of nitrogens with zero attached hydrogens (tertiary/aromatic N) is 4. The highest BCUT2D eigenvalue weighted by Gasteiger charge is 2.42. The lowest BCUT2D eigenvalue weighted by Gasteiger charge is -2.31. The molecule has 4 atom stereocenters. The van der Waals surface area contributed by atoms with Gasteiger partial charge in [-0.25, -0.2) is 19.2 Å². The number of aliphatic hydroxyl groups excluding tert-OH is 2. The first kappa shape index (κ1) is 36.9. The molecule has 5 N–H and O–H groups in total. The average Bonchev–Trinajstić information content (AvgIpc) is 3.39. The molecular formula is C27H43N6O10P. The number of hydrogen-bond acceptors (Lipinski definition) is 14. The molecule has 0 aliphatic rings. The molecule has 2 heterocycles. The van der Waals surface area contributed by atoms with Crippen LogP contribution in [0.1, 0.15) is 79.0 Å². The third-order valence-corrected chi connectivity index (χ3v) is 8.20. The first-order valence-corrected chi connectivity index (χ1v) is 15.8. The number of carbonyl (C=O) groups excluding carboxylic acids is 2. The van der Waals surface area contributed by atoms with E-state index in [1.807, 2.05) is 13.8 Å². The van der Waals surface area contributed by atoms with Crippen molar-refractivity contribution in [1.82, 2.24) is 19.7 Å². The van der Waals surface area contributed by atoms with Crippen molar-refractivity contribution in [2.45, 2.75) is 97.2 Å². The quantitative estimate of drug-likeness (QED) is 0.0747. The highest BCUT2D eigenvalue weighted by molar-refractivity contribution is 7.51. The average molecular weight is 643 g/mol. The third kappa shape index (κ3) is 10.1. The minimum atomic E-state index is -4.56. The van der Waals surface area contributed by atoms with E-state index in [4.69, 9.17) is 29.0 Å². The SMILES string of the molecule is CCCC(CCC)C(=O)OCOP(=O)(NC(C)(C)C(=O)OC(C)C)OC[C@@H](OC#N)[C@@H](O)[C@@H](O)c1ccc2c(N)ncnn12. The molecule has 2 aromatic heterocycles. The summed E-state index contributed by atoms with van der Waals surface area (Å²) in [7, 11) is -4.56. The maximum atomic E-state index is 13.9. The summed E-state index contributed by atoms with van der Waals surface area (Å²) >= 11 is 0. The number of ether oxygens (including phenoxy) is 3. The predicted molar refractivity (Wildman–Crippen MR) is 156 cm³/mol. The van der Waals surface area contributed by atoms with Crippen LogP contribution in [0.2, 0.25) is 0 Å². The number of anilines is 1. The van der Waals surface area contributed by atoms with Crippen molar-refractivity contribution in [1.29, 1.82) is 5.26 Å². The molecule has 0 aliphatic carbocycles. The number of aromatic nitrogens is 3. The van der Waals surface area contributed by atoms with Crippen LogP contribution < -0.4 is 10.8 Å². The smallest absolute Gasteiger partial charge is 0.409 e. The maximum Gasteiger partial charge on any atom is 0.409 e. The second kappa shape index (κ2) is 16.7. The zero-order valence-corrected chi connectivity index (χ0v) is 26.7. The number of nitrogens with two attached hydrogens (primary N) is 1. The van der Waals surface area contributed by atoms with Gasteiger partial charge in [-0.1, -0.05) is 26.7 Å². The number of esters is 2. The molecule has 0 amide bonds. The van der Waals surface area contributed by atoms with Crippen LogP contribution in [0, 0.1) is 17.4 Å². The normalized spacial score (nSPS) is 15.4.